The molecule has 2 saturated heterocycles. The Morgan fingerprint density at radius 2 is 1.89 bits per heavy atom. The molecule has 12 heteroatoms. The molecule has 3 aliphatic rings. The van der Waals surface area contributed by atoms with E-state index < -0.39 is 6.09 Å². The molecular formula is C26H34ClN7O4. The number of amides is 2. The van der Waals surface area contributed by atoms with Crippen molar-refractivity contribution in [3.8, 4) is 5.75 Å². The Morgan fingerprint density at radius 1 is 1.11 bits per heavy atom. The van der Waals surface area contributed by atoms with Gasteiger partial charge >= 0.3 is 6.09 Å². The lowest BCUT2D eigenvalue weighted by Gasteiger charge is -2.40. The average Bonchev–Trinajstić information content (AvgIpc) is 3.45. The summed E-state index contributed by atoms with van der Waals surface area (Å²) in [5.74, 6) is 1.56. The van der Waals surface area contributed by atoms with Crippen molar-refractivity contribution in [3.63, 3.8) is 0 Å². The molecule has 2 aromatic rings. The number of hydrogen-bond donors (Lipinski definition) is 3. The number of rotatable bonds is 8. The number of nitrogens with zero attached hydrogens (tertiary/aromatic N) is 5. The molecule has 204 valence electrons. The van der Waals surface area contributed by atoms with Crippen LogP contribution in [0.4, 0.5) is 22.1 Å². The van der Waals surface area contributed by atoms with Crippen LogP contribution in [0.5, 0.6) is 5.75 Å². The minimum Gasteiger partial charge on any atom is -0.485 e. The van der Waals surface area contributed by atoms with Crippen LogP contribution in [0.25, 0.3) is 0 Å². The van der Waals surface area contributed by atoms with Crippen molar-refractivity contribution in [2.24, 2.45) is 0 Å². The molecule has 2 fully saturated rings. The molecule has 11 nitrogen and oxygen atoms in total. The zero-order valence-electron chi connectivity index (χ0n) is 21.4. The van der Waals surface area contributed by atoms with E-state index in [2.05, 4.69) is 30.4 Å². The molecule has 38 heavy (non-hydrogen) atoms. The van der Waals surface area contributed by atoms with Crippen LogP contribution in [0.3, 0.4) is 0 Å². The predicted octanol–water partition coefficient (Wildman–Crippen LogP) is 3.43. The van der Waals surface area contributed by atoms with E-state index in [0.29, 0.717) is 66.4 Å². The molecule has 0 saturated carbocycles. The van der Waals surface area contributed by atoms with Gasteiger partial charge in [-0.15, -0.1) is 0 Å². The standard InChI is InChI=1S/C26H34ClN7O4/c27-20-16-18(25(35)28-8-3-11-32-9-1-2-10-32)4-5-21(20)31-23-22-24(30-17-29-23)34(14-15-38-22)19-6-12-33(13-7-19)26(36)37/h4-5,16-17,19H,1-3,6-15H2,(H,28,35)(H,36,37)(H,29,30,31). The topological polar surface area (TPSA) is 123 Å². The highest BCUT2D eigenvalue weighted by Crippen LogP contribution is 2.39. The summed E-state index contributed by atoms with van der Waals surface area (Å²) < 4.78 is 5.96. The maximum Gasteiger partial charge on any atom is 0.407 e. The summed E-state index contributed by atoms with van der Waals surface area (Å²) in [4.78, 5) is 38.8. The number of carboxylic acid groups (broad SMARTS) is 1. The lowest BCUT2D eigenvalue weighted by Crippen LogP contribution is -2.49. The molecule has 5 rings (SSSR count). The van der Waals surface area contributed by atoms with Crippen LogP contribution in [-0.2, 0) is 0 Å². The summed E-state index contributed by atoms with van der Waals surface area (Å²) in [6.07, 6.45) is 5.51. The third-order valence-electron chi connectivity index (χ3n) is 7.43. The van der Waals surface area contributed by atoms with Gasteiger partial charge in [-0.05, 0) is 69.9 Å². The number of aromatic nitrogens is 2. The summed E-state index contributed by atoms with van der Waals surface area (Å²) in [5.41, 5.74) is 1.11. The average molecular weight is 544 g/mol. The van der Waals surface area contributed by atoms with Gasteiger partial charge in [0, 0.05) is 31.2 Å². The summed E-state index contributed by atoms with van der Waals surface area (Å²) in [6, 6.07) is 5.32. The Morgan fingerprint density at radius 3 is 2.63 bits per heavy atom. The zero-order chi connectivity index (χ0) is 26.5. The van der Waals surface area contributed by atoms with Gasteiger partial charge in [0.05, 0.1) is 17.3 Å². The van der Waals surface area contributed by atoms with Crippen LogP contribution in [0.2, 0.25) is 5.02 Å². The fourth-order valence-corrected chi connectivity index (χ4v) is 5.59. The third kappa shape index (κ3) is 6.05. The first-order chi connectivity index (χ1) is 18.5. The van der Waals surface area contributed by atoms with Crippen molar-refractivity contribution in [1.82, 2.24) is 25.1 Å². The largest absolute Gasteiger partial charge is 0.485 e. The van der Waals surface area contributed by atoms with Crippen molar-refractivity contribution >= 4 is 40.9 Å². The maximum atomic E-state index is 12.6. The van der Waals surface area contributed by atoms with Crippen molar-refractivity contribution in [3.05, 3.63) is 35.1 Å². The van der Waals surface area contributed by atoms with Gasteiger partial charge in [0.1, 0.15) is 12.9 Å². The van der Waals surface area contributed by atoms with Crippen molar-refractivity contribution in [2.45, 2.75) is 38.1 Å². The van der Waals surface area contributed by atoms with Gasteiger partial charge in [0.15, 0.2) is 11.6 Å². The number of likely N-dealkylation sites (tertiary alicyclic amines) is 2. The molecule has 0 radical (unpaired) electrons. The molecule has 0 spiro atoms. The summed E-state index contributed by atoms with van der Waals surface area (Å²) in [6.45, 7) is 6.08. The third-order valence-corrected chi connectivity index (χ3v) is 7.74. The number of hydrogen-bond acceptors (Lipinski definition) is 8. The van der Waals surface area contributed by atoms with Crippen molar-refractivity contribution in [1.29, 1.82) is 0 Å². The SMILES string of the molecule is O=C(NCCCN1CCCC1)c1ccc(Nc2ncnc3c2OCCN3C2CCN(C(=O)O)CC2)c(Cl)c1. The van der Waals surface area contributed by atoms with E-state index in [-0.39, 0.29) is 11.9 Å². The van der Waals surface area contributed by atoms with E-state index in [1.165, 1.54) is 24.1 Å². The number of piperidine rings is 1. The van der Waals surface area contributed by atoms with Crippen LogP contribution in [0.15, 0.2) is 24.5 Å². The number of fused-ring (bicyclic) bond motifs is 1. The van der Waals surface area contributed by atoms with Crippen LogP contribution in [0, 0.1) is 0 Å². The molecule has 2 amide bonds. The highest BCUT2D eigenvalue weighted by molar-refractivity contribution is 6.33. The lowest BCUT2D eigenvalue weighted by atomic mass is 10.0. The second kappa shape index (κ2) is 12.0. The minimum absolute atomic E-state index is 0.146. The molecule has 4 heterocycles. The highest BCUT2D eigenvalue weighted by Gasteiger charge is 2.32. The second-order valence-corrected chi connectivity index (χ2v) is 10.3. The number of nitrogens with one attached hydrogen (secondary N) is 2. The number of ether oxygens (including phenoxy) is 1. The molecular weight excluding hydrogens is 510 g/mol. The number of carbonyl (C=O) groups excluding carboxylic acids is 1. The van der Waals surface area contributed by atoms with E-state index in [4.69, 9.17) is 16.3 Å². The number of benzene rings is 1. The zero-order valence-corrected chi connectivity index (χ0v) is 22.1. The highest BCUT2D eigenvalue weighted by atomic mass is 35.5. The van der Waals surface area contributed by atoms with Gasteiger partial charge in [-0.25, -0.2) is 14.8 Å². The van der Waals surface area contributed by atoms with Gasteiger partial charge in [-0.3, -0.25) is 4.79 Å². The molecule has 1 aromatic heterocycles. The van der Waals surface area contributed by atoms with Gasteiger partial charge < -0.3 is 35.2 Å². The Kier molecular flexibility index (Phi) is 8.33. The molecule has 3 aliphatic heterocycles. The van der Waals surface area contributed by atoms with E-state index in [0.717, 1.165) is 38.9 Å². The van der Waals surface area contributed by atoms with Crippen LogP contribution >= 0.6 is 11.6 Å². The summed E-state index contributed by atoms with van der Waals surface area (Å²) >= 11 is 6.55. The van der Waals surface area contributed by atoms with Gasteiger partial charge in [-0.1, -0.05) is 11.6 Å². The lowest BCUT2D eigenvalue weighted by molar-refractivity contribution is 0.0952. The minimum atomic E-state index is -0.877. The predicted molar refractivity (Wildman–Crippen MR) is 145 cm³/mol. The van der Waals surface area contributed by atoms with Crippen LogP contribution in [0.1, 0.15) is 42.5 Å². The first-order valence-corrected chi connectivity index (χ1v) is 13.7. The molecule has 0 aliphatic carbocycles. The number of carbonyl (C=O) groups is 2. The Labute approximate surface area is 227 Å². The Hall–Kier alpha value is -3.31. The molecule has 0 bridgehead atoms. The second-order valence-electron chi connectivity index (χ2n) is 9.90. The fraction of sp³-hybridized carbons (Fsp3) is 0.538. The normalized spacial score (nSPS) is 18.1. The first-order valence-electron chi connectivity index (χ1n) is 13.3. The molecule has 0 atom stereocenters. The van der Waals surface area contributed by atoms with Crippen LogP contribution in [-0.4, -0.2) is 95.3 Å². The van der Waals surface area contributed by atoms with Gasteiger partial charge in [0.2, 0.25) is 5.75 Å². The van der Waals surface area contributed by atoms with E-state index in [9.17, 15) is 14.7 Å². The van der Waals surface area contributed by atoms with Gasteiger partial charge in [-0.2, -0.15) is 0 Å². The van der Waals surface area contributed by atoms with Crippen LogP contribution < -0.4 is 20.3 Å². The van der Waals surface area contributed by atoms with Gasteiger partial charge in [0.25, 0.3) is 5.91 Å². The molecule has 0 unspecified atom stereocenters. The smallest absolute Gasteiger partial charge is 0.407 e. The molecule has 3 N–H and O–H groups in total. The van der Waals surface area contributed by atoms with Crippen molar-refractivity contribution in [2.75, 3.05) is 62.6 Å². The van der Waals surface area contributed by atoms with E-state index in [1.807, 2.05) is 0 Å². The fourth-order valence-electron chi connectivity index (χ4n) is 5.37. The summed E-state index contributed by atoms with van der Waals surface area (Å²) in [7, 11) is 0. The van der Waals surface area contributed by atoms with E-state index >= 15 is 0 Å². The Bertz CT molecular complexity index is 1150. The Balaban J connectivity index is 1.21. The summed E-state index contributed by atoms with van der Waals surface area (Å²) in [5, 5.41) is 15.9. The quantitative estimate of drug-likeness (QED) is 0.430. The molecule has 1 aromatic carbocycles. The van der Waals surface area contributed by atoms with Crippen molar-refractivity contribution < 1.29 is 19.4 Å². The van der Waals surface area contributed by atoms with E-state index in [1.54, 1.807) is 18.2 Å². The number of anilines is 3. The maximum absolute atomic E-state index is 12.6. The number of halogens is 1. The first kappa shape index (κ1) is 26.3. The monoisotopic (exact) mass is 543 g/mol.